The van der Waals surface area contributed by atoms with Gasteiger partial charge < -0.3 is 5.73 Å². The fraction of sp³-hybridized carbons (Fsp3) is 0.100. The Kier molecular flexibility index (Phi) is 1.45. The summed E-state index contributed by atoms with van der Waals surface area (Å²) in [5.41, 5.74) is 7.34. The van der Waals surface area contributed by atoms with Gasteiger partial charge in [0, 0.05) is 17.6 Å². The third-order valence-electron chi connectivity index (χ3n) is 2.37. The highest BCUT2D eigenvalue weighted by atomic mass is 15.3. The van der Waals surface area contributed by atoms with Crippen LogP contribution in [0, 0.1) is 6.92 Å². The molecular weight excluding hydrogens is 190 g/mol. The zero-order valence-electron chi connectivity index (χ0n) is 8.18. The molecule has 2 N–H and O–H groups in total. The lowest BCUT2D eigenvalue weighted by Gasteiger charge is -2.01. The minimum atomic E-state index is 0.497. The van der Waals surface area contributed by atoms with Gasteiger partial charge in [-0.2, -0.15) is 0 Å². The molecule has 0 saturated heterocycles. The Morgan fingerprint density at radius 1 is 1.40 bits per heavy atom. The lowest BCUT2D eigenvalue weighted by molar-refractivity contribution is 0.878. The Hall–Kier alpha value is -2.17. The highest BCUT2D eigenvalue weighted by Crippen LogP contribution is 2.19. The average molecular weight is 199 g/mol. The molecule has 3 aromatic heterocycles. The maximum absolute atomic E-state index is 5.67. The molecule has 0 aliphatic carbocycles. The molecule has 3 aromatic rings. The molecule has 3 rings (SSSR count). The maximum atomic E-state index is 5.67. The van der Waals surface area contributed by atoms with Crippen LogP contribution in [0.3, 0.4) is 0 Å². The minimum absolute atomic E-state index is 0.497. The monoisotopic (exact) mass is 199 g/mol. The molecule has 0 aromatic carbocycles. The summed E-state index contributed by atoms with van der Waals surface area (Å²) in [4.78, 5) is 8.56. The van der Waals surface area contributed by atoms with Gasteiger partial charge in [0.15, 0.2) is 5.65 Å². The van der Waals surface area contributed by atoms with Crippen molar-refractivity contribution < 1.29 is 0 Å². The summed E-state index contributed by atoms with van der Waals surface area (Å²) in [6, 6.07) is 5.67. The predicted molar refractivity (Wildman–Crippen MR) is 57.4 cm³/mol. The third-order valence-corrected chi connectivity index (χ3v) is 2.37. The molecule has 74 valence electrons. The van der Waals surface area contributed by atoms with Gasteiger partial charge in [0.05, 0.1) is 5.52 Å². The molecule has 0 bridgehead atoms. The first-order valence-corrected chi connectivity index (χ1v) is 4.62. The first-order chi connectivity index (χ1) is 7.25. The van der Waals surface area contributed by atoms with E-state index in [9.17, 15) is 0 Å². The van der Waals surface area contributed by atoms with E-state index in [2.05, 4.69) is 15.1 Å². The molecule has 0 aliphatic rings. The second kappa shape index (κ2) is 2.66. The number of aryl methyl sites for hydroxylation is 1. The zero-order valence-corrected chi connectivity index (χ0v) is 8.18. The van der Waals surface area contributed by atoms with Gasteiger partial charge in [-0.15, -0.1) is 5.10 Å². The largest absolute Gasteiger partial charge is 0.382 e. The van der Waals surface area contributed by atoms with Crippen molar-refractivity contribution in [3.8, 4) is 0 Å². The number of nitrogens with zero attached hydrogens (tertiary/aromatic N) is 4. The SMILES string of the molecule is Cc1nc2ncccc2c2cc(N)nn12. The van der Waals surface area contributed by atoms with Crippen LogP contribution in [0.4, 0.5) is 5.82 Å². The van der Waals surface area contributed by atoms with Crippen molar-refractivity contribution in [3.05, 3.63) is 30.2 Å². The van der Waals surface area contributed by atoms with E-state index >= 15 is 0 Å². The number of nitrogen functional groups attached to an aromatic ring is 1. The number of pyridine rings is 1. The first kappa shape index (κ1) is 8.16. The molecule has 3 heterocycles. The second-order valence-corrected chi connectivity index (χ2v) is 3.40. The van der Waals surface area contributed by atoms with Crippen LogP contribution in [-0.4, -0.2) is 19.6 Å². The summed E-state index contributed by atoms with van der Waals surface area (Å²) in [5.74, 6) is 1.28. The number of rotatable bonds is 0. The number of anilines is 1. The van der Waals surface area contributed by atoms with Crippen LogP contribution in [0.15, 0.2) is 24.4 Å². The molecule has 0 aliphatic heterocycles. The van der Waals surface area contributed by atoms with Crippen molar-refractivity contribution in [2.24, 2.45) is 0 Å². The van der Waals surface area contributed by atoms with Crippen LogP contribution < -0.4 is 5.73 Å². The summed E-state index contributed by atoms with van der Waals surface area (Å²) in [6.07, 6.45) is 1.73. The number of hydrogen-bond acceptors (Lipinski definition) is 4. The summed E-state index contributed by atoms with van der Waals surface area (Å²) in [5, 5.41) is 5.13. The summed E-state index contributed by atoms with van der Waals surface area (Å²) in [7, 11) is 0. The van der Waals surface area contributed by atoms with Crippen molar-refractivity contribution in [3.63, 3.8) is 0 Å². The van der Waals surface area contributed by atoms with Crippen LogP contribution in [0.25, 0.3) is 16.6 Å². The van der Waals surface area contributed by atoms with Crippen LogP contribution >= 0.6 is 0 Å². The molecule has 5 heteroatoms. The number of fused-ring (bicyclic) bond motifs is 3. The average Bonchev–Trinajstić information content (AvgIpc) is 2.61. The zero-order chi connectivity index (χ0) is 10.4. The van der Waals surface area contributed by atoms with Crippen molar-refractivity contribution in [2.75, 3.05) is 5.73 Å². The smallest absolute Gasteiger partial charge is 0.163 e. The van der Waals surface area contributed by atoms with Gasteiger partial charge >= 0.3 is 0 Å². The Balaban J connectivity index is 2.63. The van der Waals surface area contributed by atoms with Crippen molar-refractivity contribution in [1.82, 2.24) is 19.6 Å². The molecule has 0 amide bonds. The lowest BCUT2D eigenvalue weighted by Crippen LogP contribution is -1.99. The Labute approximate surface area is 85.6 Å². The second-order valence-electron chi connectivity index (χ2n) is 3.40. The van der Waals surface area contributed by atoms with Gasteiger partial charge in [0.25, 0.3) is 0 Å². The van der Waals surface area contributed by atoms with Crippen LogP contribution in [0.2, 0.25) is 0 Å². The van der Waals surface area contributed by atoms with Gasteiger partial charge in [-0.1, -0.05) is 0 Å². The summed E-state index contributed by atoms with van der Waals surface area (Å²) >= 11 is 0. The van der Waals surface area contributed by atoms with E-state index < -0.39 is 0 Å². The Morgan fingerprint density at radius 2 is 2.27 bits per heavy atom. The van der Waals surface area contributed by atoms with Gasteiger partial charge in [0.1, 0.15) is 11.6 Å². The van der Waals surface area contributed by atoms with E-state index in [1.165, 1.54) is 0 Å². The molecule has 0 atom stereocenters. The maximum Gasteiger partial charge on any atom is 0.163 e. The van der Waals surface area contributed by atoms with Gasteiger partial charge in [0.2, 0.25) is 0 Å². The summed E-state index contributed by atoms with van der Waals surface area (Å²) in [6.45, 7) is 1.88. The molecule has 5 nitrogen and oxygen atoms in total. The van der Waals surface area contributed by atoms with Crippen molar-refractivity contribution >= 4 is 22.4 Å². The molecule has 15 heavy (non-hydrogen) atoms. The molecule has 0 spiro atoms. The highest BCUT2D eigenvalue weighted by Gasteiger charge is 2.07. The van der Waals surface area contributed by atoms with E-state index in [0.717, 1.165) is 22.4 Å². The highest BCUT2D eigenvalue weighted by molar-refractivity contribution is 5.91. The van der Waals surface area contributed by atoms with E-state index in [4.69, 9.17) is 5.73 Å². The molecule has 0 fully saturated rings. The standard InChI is InChI=1S/C10H9N5/c1-6-13-10-7(3-2-4-12-10)8-5-9(11)14-15(6)8/h2-5H,1H3,(H2,11,14). The summed E-state index contributed by atoms with van der Waals surface area (Å²) < 4.78 is 1.74. The molecule has 0 saturated carbocycles. The van der Waals surface area contributed by atoms with E-state index in [1.807, 2.05) is 25.1 Å². The van der Waals surface area contributed by atoms with Crippen LogP contribution in [-0.2, 0) is 0 Å². The number of nitrogens with two attached hydrogens (primary N) is 1. The van der Waals surface area contributed by atoms with Crippen LogP contribution in [0.5, 0.6) is 0 Å². The normalized spacial score (nSPS) is 11.3. The number of hydrogen-bond donors (Lipinski definition) is 1. The van der Waals surface area contributed by atoms with Gasteiger partial charge in [-0.3, -0.25) is 0 Å². The third kappa shape index (κ3) is 1.06. The molecule has 0 radical (unpaired) electrons. The Bertz CT molecular complexity index is 655. The van der Waals surface area contributed by atoms with E-state index in [-0.39, 0.29) is 0 Å². The van der Waals surface area contributed by atoms with E-state index in [1.54, 1.807) is 10.7 Å². The minimum Gasteiger partial charge on any atom is -0.382 e. The quantitative estimate of drug-likeness (QED) is 0.590. The van der Waals surface area contributed by atoms with Gasteiger partial charge in [-0.25, -0.2) is 14.5 Å². The first-order valence-electron chi connectivity index (χ1n) is 4.62. The predicted octanol–water partition coefficient (Wildman–Crippen LogP) is 1.17. The fourth-order valence-electron chi connectivity index (χ4n) is 1.72. The number of aromatic nitrogens is 4. The van der Waals surface area contributed by atoms with Crippen molar-refractivity contribution in [1.29, 1.82) is 0 Å². The van der Waals surface area contributed by atoms with Crippen molar-refractivity contribution in [2.45, 2.75) is 6.92 Å². The Morgan fingerprint density at radius 3 is 3.13 bits per heavy atom. The van der Waals surface area contributed by atoms with E-state index in [0.29, 0.717) is 5.82 Å². The van der Waals surface area contributed by atoms with Crippen LogP contribution in [0.1, 0.15) is 5.82 Å². The fourth-order valence-corrected chi connectivity index (χ4v) is 1.72. The van der Waals surface area contributed by atoms with Gasteiger partial charge in [-0.05, 0) is 19.1 Å². The molecule has 0 unspecified atom stereocenters. The lowest BCUT2D eigenvalue weighted by atomic mass is 10.3. The topological polar surface area (TPSA) is 69.1 Å². The molecular formula is C10H9N5.